The van der Waals surface area contributed by atoms with Gasteiger partial charge in [0.15, 0.2) is 5.13 Å². The molecule has 1 aliphatic rings. The summed E-state index contributed by atoms with van der Waals surface area (Å²) in [5.41, 5.74) is 2.99. The highest BCUT2D eigenvalue weighted by Gasteiger charge is 2.26. The Bertz CT molecular complexity index is 1650. The average molecular weight is 547 g/mol. The van der Waals surface area contributed by atoms with Gasteiger partial charge >= 0.3 is 12.0 Å². The Morgan fingerprint density at radius 3 is 2.63 bits per heavy atom. The molecule has 1 aliphatic heterocycles. The number of hydrogen-bond acceptors (Lipinski definition) is 7. The number of aromatic carboxylic acids is 1. The molecule has 0 aliphatic carbocycles. The maximum atomic E-state index is 13.3. The maximum Gasteiger partial charge on any atom is 0.359 e. The van der Waals surface area contributed by atoms with Crippen LogP contribution in [0.3, 0.4) is 0 Å². The molecule has 8 nitrogen and oxygen atoms in total. The summed E-state index contributed by atoms with van der Waals surface area (Å²) in [6.45, 7) is 0.532. The molecule has 190 valence electrons. The minimum Gasteiger partial charge on any atom is -0.476 e. The van der Waals surface area contributed by atoms with Crippen LogP contribution in [0.25, 0.3) is 20.8 Å². The third-order valence-electron chi connectivity index (χ3n) is 6.03. The Hall–Kier alpha value is -4.35. The molecule has 2 aromatic heterocycles. The molecule has 2 N–H and O–H groups in total. The number of carboxylic acids is 1. The van der Waals surface area contributed by atoms with Crippen LogP contribution in [-0.2, 0) is 6.42 Å². The van der Waals surface area contributed by atoms with Crippen molar-refractivity contribution >= 4 is 55.7 Å². The Kier molecular flexibility index (Phi) is 6.22. The normalized spacial score (nSPS) is 12.8. The van der Waals surface area contributed by atoms with Crippen LogP contribution in [0.1, 0.15) is 22.5 Å². The molecule has 5 aromatic rings. The number of aryl methyl sites for hydroxylation is 1. The lowest BCUT2D eigenvalue weighted by Gasteiger charge is -2.29. The minimum atomic E-state index is -1.24. The number of nitrogens with one attached hydrogen (secondary N) is 1. The summed E-state index contributed by atoms with van der Waals surface area (Å²) in [5, 5.41) is 13.6. The van der Waals surface area contributed by atoms with Gasteiger partial charge in [-0.3, -0.25) is 10.2 Å². The molecule has 3 heterocycles. The lowest BCUT2D eigenvalue weighted by atomic mass is 10.00. The van der Waals surface area contributed by atoms with Crippen molar-refractivity contribution in [2.75, 3.05) is 16.8 Å². The highest BCUT2D eigenvalue weighted by atomic mass is 32.1. The average Bonchev–Trinajstić information content (AvgIpc) is 3.53. The van der Waals surface area contributed by atoms with E-state index in [-0.39, 0.29) is 16.8 Å². The Morgan fingerprint density at radius 2 is 1.84 bits per heavy atom. The molecule has 0 fully saturated rings. The molecule has 0 saturated carbocycles. The van der Waals surface area contributed by atoms with E-state index in [1.165, 1.54) is 35.6 Å². The first-order valence-electron chi connectivity index (χ1n) is 11.7. The molecule has 0 atom stereocenters. The molecule has 2 amide bonds. The van der Waals surface area contributed by atoms with E-state index in [9.17, 15) is 19.1 Å². The van der Waals surface area contributed by atoms with E-state index in [0.717, 1.165) is 45.6 Å². The van der Waals surface area contributed by atoms with E-state index in [0.29, 0.717) is 28.0 Å². The number of aromatic nitrogens is 2. The summed E-state index contributed by atoms with van der Waals surface area (Å²) in [6, 6.07) is 18.3. The van der Waals surface area contributed by atoms with Gasteiger partial charge in [0.25, 0.3) is 0 Å². The second-order valence-electron chi connectivity index (χ2n) is 8.53. The van der Waals surface area contributed by atoms with Crippen molar-refractivity contribution in [1.29, 1.82) is 0 Å². The first-order valence-corrected chi connectivity index (χ1v) is 13.3. The van der Waals surface area contributed by atoms with Crippen LogP contribution < -0.4 is 15.0 Å². The number of urea groups is 1. The number of amides is 2. The highest BCUT2D eigenvalue weighted by Crippen LogP contribution is 2.40. The third kappa shape index (κ3) is 4.69. The molecule has 38 heavy (non-hydrogen) atoms. The van der Waals surface area contributed by atoms with E-state index in [1.807, 2.05) is 42.5 Å². The molecule has 0 unspecified atom stereocenters. The van der Waals surface area contributed by atoms with Crippen molar-refractivity contribution in [1.82, 2.24) is 9.97 Å². The smallest absolute Gasteiger partial charge is 0.359 e. The van der Waals surface area contributed by atoms with Gasteiger partial charge in [0.05, 0.1) is 10.2 Å². The number of fused-ring (bicyclic) bond motifs is 2. The summed E-state index contributed by atoms with van der Waals surface area (Å²) < 4.78 is 20.0. The zero-order valence-corrected chi connectivity index (χ0v) is 21.3. The fourth-order valence-corrected chi connectivity index (χ4v) is 6.03. The van der Waals surface area contributed by atoms with Gasteiger partial charge in [-0.15, -0.1) is 0 Å². The van der Waals surface area contributed by atoms with E-state index < -0.39 is 11.8 Å². The SMILES string of the molecule is O=C(O)c1nc(-c2ccc3c(c2)N(C(=O)Nc2nc4ccccc4s2)CCC3)sc1Oc1ccc(F)cc1. The molecule has 11 heteroatoms. The number of hydrogen-bond donors (Lipinski definition) is 2. The van der Waals surface area contributed by atoms with Crippen LogP contribution in [0.2, 0.25) is 0 Å². The van der Waals surface area contributed by atoms with Gasteiger partial charge in [0.2, 0.25) is 10.8 Å². The largest absolute Gasteiger partial charge is 0.476 e. The number of halogens is 1. The van der Waals surface area contributed by atoms with E-state index in [2.05, 4.69) is 15.3 Å². The first-order chi connectivity index (χ1) is 18.4. The van der Waals surface area contributed by atoms with Crippen LogP contribution >= 0.6 is 22.7 Å². The number of ether oxygens (including phenoxy) is 1. The van der Waals surface area contributed by atoms with Gasteiger partial charge in [0.1, 0.15) is 16.6 Å². The summed E-state index contributed by atoms with van der Waals surface area (Å²) in [5.74, 6) is -1.36. The predicted octanol–water partition coefficient (Wildman–Crippen LogP) is 7.03. The summed E-state index contributed by atoms with van der Waals surface area (Å²) in [7, 11) is 0. The molecule has 0 spiro atoms. The number of thiazole rings is 2. The van der Waals surface area contributed by atoms with Crippen LogP contribution in [0.4, 0.5) is 20.0 Å². The topological polar surface area (TPSA) is 105 Å². The van der Waals surface area contributed by atoms with Crippen LogP contribution in [0.5, 0.6) is 10.8 Å². The zero-order valence-electron chi connectivity index (χ0n) is 19.7. The molecule has 0 bridgehead atoms. The second-order valence-corrected chi connectivity index (χ2v) is 10.5. The summed E-state index contributed by atoms with van der Waals surface area (Å²) in [4.78, 5) is 35.6. The van der Waals surface area contributed by atoms with Gasteiger partial charge in [0, 0.05) is 17.8 Å². The quantitative estimate of drug-likeness (QED) is 0.245. The maximum absolute atomic E-state index is 13.3. The minimum absolute atomic E-state index is 0.0854. The van der Waals surface area contributed by atoms with E-state index in [1.54, 1.807) is 4.90 Å². The molecule has 0 radical (unpaired) electrons. The number of anilines is 2. The van der Waals surface area contributed by atoms with E-state index in [4.69, 9.17) is 4.74 Å². The molecule has 0 saturated heterocycles. The molecular formula is C27H19FN4O4S2. The van der Waals surface area contributed by atoms with Crippen LogP contribution in [0.15, 0.2) is 66.7 Å². The van der Waals surface area contributed by atoms with Crippen LogP contribution in [0, 0.1) is 5.82 Å². The van der Waals surface area contributed by atoms with Crippen molar-refractivity contribution < 1.29 is 23.8 Å². The highest BCUT2D eigenvalue weighted by molar-refractivity contribution is 7.22. The lowest BCUT2D eigenvalue weighted by Crippen LogP contribution is -2.38. The van der Waals surface area contributed by atoms with Crippen LogP contribution in [-0.4, -0.2) is 33.6 Å². The second kappa shape index (κ2) is 9.84. The zero-order chi connectivity index (χ0) is 26.2. The number of rotatable bonds is 5. The number of carbonyl (C=O) groups excluding carboxylic acids is 1. The fraction of sp³-hybridized carbons (Fsp3) is 0.111. The van der Waals surface area contributed by atoms with Crippen molar-refractivity contribution in [3.63, 3.8) is 0 Å². The number of benzene rings is 3. The van der Waals surface area contributed by atoms with Gasteiger partial charge in [-0.05, 0) is 60.9 Å². The van der Waals surface area contributed by atoms with Gasteiger partial charge in [-0.2, -0.15) is 0 Å². The van der Waals surface area contributed by atoms with Crippen molar-refractivity contribution in [3.05, 3.63) is 83.8 Å². The third-order valence-corrected chi connectivity index (χ3v) is 7.96. The van der Waals surface area contributed by atoms with Crippen molar-refractivity contribution in [2.24, 2.45) is 0 Å². The number of nitrogens with zero attached hydrogens (tertiary/aromatic N) is 3. The van der Waals surface area contributed by atoms with E-state index >= 15 is 0 Å². The molecule has 3 aromatic carbocycles. The predicted molar refractivity (Wildman–Crippen MR) is 145 cm³/mol. The standard InChI is InChI=1S/C27H19FN4O4S2/c28-17-9-11-18(12-10-17)36-25-22(24(33)34)30-23(38-25)16-8-7-15-4-3-13-32(20(15)14-16)27(35)31-26-29-19-5-1-2-6-21(19)37-26/h1-2,5-12,14H,3-4,13H2,(H,33,34)(H,29,31,35). The summed E-state index contributed by atoms with van der Waals surface area (Å²) in [6.07, 6.45) is 1.63. The van der Waals surface area contributed by atoms with Gasteiger partial charge < -0.3 is 9.84 Å². The first kappa shape index (κ1) is 24.0. The Labute approximate surface area is 224 Å². The lowest BCUT2D eigenvalue weighted by molar-refractivity contribution is 0.0689. The van der Waals surface area contributed by atoms with Gasteiger partial charge in [-0.25, -0.2) is 23.9 Å². The number of carboxylic acid groups (broad SMARTS) is 1. The van der Waals surface area contributed by atoms with Crippen molar-refractivity contribution in [3.8, 4) is 21.4 Å². The molecular weight excluding hydrogens is 527 g/mol. The van der Waals surface area contributed by atoms with Gasteiger partial charge in [-0.1, -0.05) is 46.9 Å². The fourth-order valence-electron chi connectivity index (χ4n) is 4.25. The molecule has 6 rings (SSSR count). The number of para-hydroxylation sites is 1. The Morgan fingerprint density at radius 1 is 1.03 bits per heavy atom. The number of carbonyl (C=O) groups is 2. The Balaban J connectivity index is 1.30. The monoisotopic (exact) mass is 546 g/mol. The van der Waals surface area contributed by atoms with Crippen molar-refractivity contribution in [2.45, 2.75) is 12.8 Å². The summed E-state index contributed by atoms with van der Waals surface area (Å²) >= 11 is 2.48.